The highest BCUT2D eigenvalue weighted by Gasteiger charge is 2.28. The average Bonchev–Trinajstić information content (AvgIpc) is 3.21. The summed E-state index contributed by atoms with van der Waals surface area (Å²) in [6, 6.07) is 18.5. The lowest BCUT2D eigenvalue weighted by Gasteiger charge is -2.39. The van der Waals surface area contributed by atoms with Gasteiger partial charge in [-0.05, 0) is 56.9 Å². The molecule has 180 valence electrons. The number of carbonyl (C=O) groups is 1. The summed E-state index contributed by atoms with van der Waals surface area (Å²) < 4.78 is 8.07. The normalized spacial score (nSPS) is 22.4. The third-order valence-corrected chi connectivity index (χ3v) is 7.19. The molecule has 2 aliphatic heterocycles. The summed E-state index contributed by atoms with van der Waals surface area (Å²) >= 11 is 0. The Morgan fingerprint density at radius 1 is 0.971 bits per heavy atom. The van der Waals surface area contributed by atoms with Crippen molar-refractivity contribution in [3.05, 3.63) is 60.4 Å². The molecule has 0 saturated carbocycles. The third kappa shape index (κ3) is 5.18. The van der Waals surface area contributed by atoms with E-state index in [-0.39, 0.29) is 5.91 Å². The lowest BCUT2D eigenvalue weighted by atomic mass is 9.95. The van der Waals surface area contributed by atoms with E-state index in [2.05, 4.69) is 46.4 Å². The molecule has 2 atom stereocenters. The molecule has 2 aromatic carbocycles. The molecule has 6 nitrogen and oxygen atoms in total. The summed E-state index contributed by atoms with van der Waals surface area (Å²) in [6.45, 7) is 9.23. The second-order valence-corrected chi connectivity index (χ2v) is 9.99. The molecule has 34 heavy (non-hydrogen) atoms. The fraction of sp³-hybridized carbons (Fsp3) is 0.500. The number of imidazole rings is 1. The molecule has 3 heterocycles. The molecule has 2 unspecified atom stereocenters. The smallest absolute Gasteiger partial charge is 0.223 e. The summed E-state index contributed by atoms with van der Waals surface area (Å²) in [5.74, 6) is 1.87. The predicted molar refractivity (Wildman–Crippen MR) is 135 cm³/mol. The van der Waals surface area contributed by atoms with Gasteiger partial charge in [-0.2, -0.15) is 0 Å². The van der Waals surface area contributed by atoms with Crippen molar-refractivity contribution in [3.63, 3.8) is 0 Å². The first-order valence-electron chi connectivity index (χ1n) is 12.7. The van der Waals surface area contributed by atoms with Gasteiger partial charge in [0.15, 0.2) is 0 Å². The van der Waals surface area contributed by atoms with Crippen LogP contribution in [0.5, 0.6) is 0 Å². The molecule has 0 spiro atoms. The van der Waals surface area contributed by atoms with E-state index in [0.29, 0.717) is 31.0 Å². The number of benzene rings is 2. The first-order valence-corrected chi connectivity index (χ1v) is 12.7. The van der Waals surface area contributed by atoms with E-state index >= 15 is 0 Å². The van der Waals surface area contributed by atoms with E-state index in [9.17, 15) is 4.79 Å². The van der Waals surface area contributed by atoms with E-state index in [1.165, 1.54) is 0 Å². The quantitative estimate of drug-likeness (QED) is 0.550. The number of aryl methyl sites for hydroxylation is 1. The second kappa shape index (κ2) is 10.3. The molecule has 1 amide bonds. The van der Waals surface area contributed by atoms with Crippen molar-refractivity contribution in [1.82, 2.24) is 19.4 Å². The van der Waals surface area contributed by atoms with Crippen LogP contribution in [0.2, 0.25) is 0 Å². The number of hydrogen-bond acceptors (Lipinski definition) is 4. The van der Waals surface area contributed by atoms with Crippen LogP contribution in [0, 0.1) is 5.92 Å². The molecule has 0 bridgehead atoms. The van der Waals surface area contributed by atoms with E-state index in [1.807, 2.05) is 36.4 Å². The van der Waals surface area contributed by atoms with Crippen LogP contribution in [-0.4, -0.2) is 70.2 Å². The van der Waals surface area contributed by atoms with Crippen LogP contribution in [0.15, 0.2) is 54.6 Å². The molecule has 6 heteroatoms. The molecule has 0 radical (unpaired) electrons. The van der Waals surface area contributed by atoms with Gasteiger partial charge in [0, 0.05) is 51.3 Å². The number of fused-ring (bicyclic) bond motifs is 1. The number of para-hydroxylation sites is 3. The number of nitrogens with zero attached hydrogens (tertiary/aromatic N) is 4. The molecule has 0 aliphatic carbocycles. The van der Waals surface area contributed by atoms with Crippen molar-refractivity contribution < 1.29 is 9.53 Å². The number of aromatic nitrogens is 2. The van der Waals surface area contributed by atoms with Gasteiger partial charge in [0.1, 0.15) is 5.82 Å². The highest BCUT2D eigenvalue weighted by molar-refractivity contribution is 5.79. The largest absolute Gasteiger partial charge is 0.373 e. The van der Waals surface area contributed by atoms with Crippen molar-refractivity contribution in [2.45, 2.75) is 51.7 Å². The zero-order valence-electron chi connectivity index (χ0n) is 20.4. The van der Waals surface area contributed by atoms with Gasteiger partial charge < -0.3 is 9.64 Å². The summed E-state index contributed by atoms with van der Waals surface area (Å²) in [5, 5.41) is 0. The van der Waals surface area contributed by atoms with Crippen molar-refractivity contribution >= 4 is 16.9 Å². The second-order valence-electron chi connectivity index (χ2n) is 9.99. The number of hydrogen-bond donors (Lipinski definition) is 0. The van der Waals surface area contributed by atoms with Gasteiger partial charge in [0.05, 0.1) is 23.2 Å². The van der Waals surface area contributed by atoms with Crippen molar-refractivity contribution in [1.29, 1.82) is 0 Å². The van der Waals surface area contributed by atoms with Gasteiger partial charge >= 0.3 is 0 Å². The van der Waals surface area contributed by atoms with E-state index in [4.69, 9.17) is 9.72 Å². The summed E-state index contributed by atoms with van der Waals surface area (Å²) in [6.07, 6.45) is 3.95. The number of likely N-dealkylation sites (tertiary alicyclic amines) is 1. The van der Waals surface area contributed by atoms with Crippen LogP contribution in [0.4, 0.5) is 0 Å². The Hall–Kier alpha value is -2.70. The molecular formula is C28H36N4O2. The lowest BCUT2D eigenvalue weighted by molar-refractivity contribution is -0.132. The van der Waals surface area contributed by atoms with Crippen LogP contribution >= 0.6 is 0 Å². The molecule has 1 aromatic heterocycles. The van der Waals surface area contributed by atoms with Crippen molar-refractivity contribution in [3.8, 4) is 5.69 Å². The van der Waals surface area contributed by atoms with E-state index in [0.717, 1.165) is 68.1 Å². The number of amides is 1. The number of ether oxygens (including phenoxy) is 1. The summed E-state index contributed by atoms with van der Waals surface area (Å²) in [7, 11) is 0. The Kier molecular flexibility index (Phi) is 6.97. The van der Waals surface area contributed by atoms with Crippen LogP contribution in [0.1, 0.15) is 38.9 Å². The maximum atomic E-state index is 13.1. The fourth-order valence-corrected chi connectivity index (χ4v) is 5.65. The maximum Gasteiger partial charge on any atom is 0.223 e. The number of piperidine rings is 1. The molecule has 2 saturated heterocycles. The van der Waals surface area contributed by atoms with Gasteiger partial charge in [-0.1, -0.05) is 30.3 Å². The van der Waals surface area contributed by atoms with Gasteiger partial charge in [0.25, 0.3) is 0 Å². The zero-order chi connectivity index (χ0) is 23.5. The minimum absolute atomic E-state index is 0.249. The van der Waals surface area contributed by atoms with Crippen LogP contribution in [0.25, 0.3) is 16.7 Å². The molecule has 2 aliphatic rings. The first kappa shape index (κ1) is 23.1. The summed E-state index contributed by atoms with van der Waals surface area (Å²) in [4.78, 5) is 22.6. The third-order valence-electron chi connectivity index (χ3n) is 7.19. The molecular weight excluding hydrogens is 424 g/mol. The monoisotopic (exact) mass is 460 g/mol. The minimum atomic E-state index is 0.249. The molecule has 0 N–H and O–H groups in total. The van der Waals surface area contributed by atoms with Crippen LogP contribution in [-0.2, 0) is 16.0 Å². The Balaban J connectivity index is 1.18. The standard InChI is InChI=1S/C28H36N4O2/c1-21-18-30(19-22(2)34-21)20-23-14-16-31(17-15-23)28(33)13-12-27-29-25-10-6-7-11-26(25)32(27)24-8-4-3-5-9-24/h3-11,21-23H,12-20H2,1-2H3. The average molecular weight is 461 g/mol. The number of carbonyl (C=O) groups excluding carboxylic acids is 1. The predicted octanol–water partition coefficient (Wildman–Crippen LogP) is 4.31. The highest BCUT2D eigenvalue weighted by Crippen LogP contribution is 2.24. The van der Waals surface area contributed by atoms with Gasteiger partial charge in [-0.3, -0.25) is 14.3 Å². The van der Waals surface area contributed by atoms with Crippen molar-refractivity contribution in [2.75, 3.05) is 32.7 Å². The van der Waals surface area contributed by atoms with Crippen molar-refractivity contribution in [2.24, 2.45) is 5.92 Å². The van der Waals surface area contributed by atoms with E-state index in [1.54, 1.807) is 0 Å². The SMILES string of the molecule is CC1CN(CC2CCN(C(=O)CCc3nc4ccccc4n3-c3ccccc3)CC2)CC(C)O1. The van der Waals surface area contributed by atoms with E-state index < -0.39 is 0 Å². The van der Waals surface area contributed by atoms with Crippen LogP contribution < -0.4 is 0 Å². The number of morpholine rings is 1. The maximum absolute atomic E-state index is 13.1. The van der Waals surface area contributed by atoms with Gasteiger partial charge in [0.2, 0.25) is 5.91 Å². The van der Waals surface area contributed by atoms with Gasteiger partial charge in [-0.25, -0.2) is 4.98 Å². The molecule has 2 fully saturated rings. The Morgan fingerprint density at radius 3 is 2.38 bits per heavy atom. The highest BCUT2D eigenvalue weighted by atomic mass is 16.5. The molecule has 5 rings (SSSR count). The van der Waals surface area contributed by atoms with Crippen LogP contribution in [0.3, 0.4) is 0 Å². The fourth-order valence-electron chi connectivity index (χ4n) is 5.65. The topological polar surface area (TPSA) is 50.6 Å². The number of rotatable bonds is 6. The Bertz CT molecular complexity index is 1090. The zero-order valence-corrected chi connectivity index (χ0v) is 20.4. The Morgan fingerprint density at radius 2 is 1.65 bits per heavy atom. The molecule has 3 aromatic rings. The lowest BCUT2D eigenvalue weighted by Crippen LogP contribution is -2.48. The minimum Gasteiger partial charge on any atom is -0.373 e. The van der Waals surface area contributed by atoms with Gasteiger partial charge in [-0.15, -0.1) is 0 Å². The Labute approximate surface area is 202 Å². The first-order chi connectivity index (χ1) is 16.6. The summed E-state index contributed by atoms with van der Waals surface area (Å²) in [5.41, 5.74) is 3.15.